The number of methoxy groups -OCH3 is 1. The smallest absolute Gasteiger partial charge is 0.118 e. The molecule has 0 saturated carbocycles. The lowest BCUT2D eigenvalue weighted by atomic mass is 10.0. The van der Waals surface area contributed by atoms with Gasteiger partial charge in [-0.1, -0.05) is 12.1 Å². The second-order valence-corrected chi connectivity index (χ2v) is 5.53. The standard InChI is InChI=1S/C16H25NO2/c1-13(17-11-3-4-15(18)12-17)5-6-14-7-9-16(19-2)10-8-14/h7-10,13,15,18H,3-6,11-12H2,1-2H3/t13-,15-/m0/s1. The van der Waals surface area contributed by atoms with E-state index in [1.54, 1.807) is 7.11 Å². The van der Waals surface area contributed by atoms with Crippen LogP contribution < -0.4 is 4.74 Å². The SMILES string of the molecule is COc1ccc(CC[C@H](C)N2CCC[C@H](O)C2)cc1. The van der Waals surface area contributed by atoms with Crippen molar-refractivity contribution in [3.63, 3.8) is 0 Å². The number of hydrogen-bond donors (Lipinski definition) is 1. The fourth-order valence-electron chi connectivity index (χ4n) is 2.73. The topological polar surface area (TPSA) is 32.7 Å². The lowest BCUT2D eigenvalue weighted by Crippen LogP contribution is -2.43. The first-order valence-electron chi connectivity index (χ1n) is 7.24. The molecule has 2 atom stereocenters. The van der Waals surface area contributed by atoms with Crippen molar-refractivity contribution in [3.05, 3.63) is 29.8 Å². The minimum atomic E-state index is -0.128. The maximum Gasteiger partial charge on any atom is 0.118 e. The first-order valence-corrected chi connectivity index (χ1v) is 7.24. The van der Waals surface area contributed by atoms with E-state index in [-0.39, 0.29) is 6.10 Å². The van der Waals surface area contributed by atoms with E-state index in [0.717, 1.165) is 44.5 Å². The number of nitrogens with zero attached hydrogens (tertiary/aromatic N) is 1. The summed E-state index contributed by atoms with van der Waals surface area (Å²) in [5.74, 6) is 0.913. The molecule has 0 aromatic heterocycles. The zero-order valence-electron chi connectivity index (χ0n) is 12.0. The van der Waals surface area contributed by atoms with Gasteiger partial charge >= 0.3 is 0 Å². The zero-order chi connectivity index (χ0) is 13.7. The molecule has 3 heteroatoms. The molecule has 1 aliphatic rings. The predicted molar refractivity (Wildman–Crippen MR) is 77.6 cm³/mol. The lowest BCUT2D eigenvalue weighted by Gasteiger charge is -2.34. The van der Waals surface area contributed by atoms with Crippen molar-refractivity contribution < 1.29 is 9.84 Å². The van der Waals surface area contributed by atoms with E-state index < -0.39 is 0 Å². The van der Waals surface area contributed by atoms with E-state index in [4.69, 9.17) is 4.74 Å². The second-order valence-electron chi connectivity index (χ2n) is 5.53. The van der Waals surface area contributed by atoms with Crippen LogP contribution in [0.2, 0.25) is 0 Å². The molecule has 1 saturated heterocycles. The van der Waals surface area contributed by atoms with Crippen molar-refractivity contribution in [3.8, 4) is 5.75 Å². The summed E-state index contributed by atoms with van der Waals surface area (Å²) in [5, 5.41) is 9.72. The van der Waals surface area contributed by atoms with Gasteiger partial charge in [-0.3, -0.25) is 4.90 Å². The van der Waals surface area contributed by atoms with Gasteiger partial charge in [0.25, 0.3) is 0 Å². The summed E-state index contributed by atoms with van der Waals surface area (Å²) in [5.41, 5.74) is 1.35. The highest BCUT2D eigenvalue weighted by molar-refractivity contribution is 5.27. The van der Waals surface area contributed by atoms with Gasteiger partial charge in [-0.05, 0) is 56.8 Å². The summed E-state index contributed by atoms with van der Waals surface area (Å²) in [6, 6.07) is 8.85. The molecule has 1 aliphatic heterocycles. The van der Waals surface area contributed by atoms with Crippen LogP contribution in [0.5, 0.6) is 5.75 Å². The van der Waals surface area contributed by atoms with Gasteiger partial charge in [0.15, 0.2) is 0 Å². The van der Waals surface area contributed by atoms with Gasteiger partial charge in [-0.15, -0.1) is 0 Å². The third-order valence-corrected chi connectivity index (χ3v) is 4.06. The number of benzene rings is 1. The third-order valence-electron chi connectivity index (χ3n) is 4.06. The second kappa shape index (κ2) is 6.92. The fourth-order valence-corrected chi connectivity index (χ4v) is 2.73. The number of ether oxygens (including phenoxy) is 1. The molecule has 2 rings (SSSR count). The molecule has 1 fully saturated rings. The number of piperidine rings is 1. The van der Waals surface area contributed by atoms with Crippen molar-refractivity contribution in [2.45, 2.75) is 44.8 Å². The first kappa shape index (κ1) is 14.4. The molecular formula is C16H25NO2. The van der Waals surface area contributed by atoms with Crippen LogP contribution in [-0.2, 0) is 6.42 Å². The molecule has 0 aliphatic carbocycles. The van der Waals surface area contributed by atoms with Crippen molar-refractivity contribution in [1.29, 1.82) is 0 Å². The van der Waals surface area contributed by atoms with Crippen LogP contribution in [0.15, 0.2) is 24.3 Å². The Kier molecular flexibility index (Phi) is 5.23. The molecule has 106 valence electrons. The maximum absolute atomic E-state index is 9.72. The average molecular weight is 263 g/mol. The summed E-state index contributed by atoms with van der Waals surface area (Å²) >= 11 is 0. The number of aliphatic hydroxyl groups is 1. The first-order chi connectivity index (χ1) is 9.19. The Balaban J connectivity index is 1.80. The summed E-state index contributed by atoms with van der Waals surface area (Å²) < 4.78 is 5.17. The predicted octanol–water partition coefficient (Wildman–Crippen LogP) is 2.47. The van der Waals surface area contributed by atoms with Crippen LogP contribution in [0.1, 0.15) is 31.7 Å². The van der Waals surface area contributed by atoms with Crippen LogP contribution in [0.4, 0.5) is 0 Å². The Labute approximate surface area is 116 Å². The Morgan fingerprint density at radius 2 is 2.11 bits per heavy atom. The molecule has 0 amide bonds. The quantitative estimate of drug-likeness (QED) is 0.886. The summed E-state index contributed by atoms with van der Waals surface area (Å²) in [6.45, 7) is 4.23. The van der Waals surface area contributed by atoms with E-state index in [2.05, 4.69) is 24.0 Å². The van der Waals surface area contributed by atoms with Crippen LogP contribution >= 0.6 is 0 Å². The minimum absolute atomic E-state index is 0.128. The highest BCUT2D eigenvalue weighted by atomic mass is 16.5. The van der Waals surface area contributed by atoms with Gasteiger partial charge in [0, 0.05) is 12.6 Å². The number of hydrogen-bond acceptors (Lipinski definition) is 3. The zero-order valence-corrected chi connectivity index (χ0v) is 12.0. The van der Waals surface area contributed by atoms with Crippen LogP contribution in [0.25, 0.3) is 0 Å². The van der Waals surface area contributed by atoms with E-state index in [1.807, 2.05) is 12.1 Å². The van der Waals surface area contributed by atoms with Crippen LogP contribution in [0.3, 0.4) is 0 Å². The Hall–Kier alpha value is -1.06. The Morgan fingerprint density at radius 3 is 2.74 bits per heavy atom. The highest BCUT2D eigenvalue weighted by Gasteiger charge is 2.21. The highest BCUT2D eigenvalue weighted by Crippen LogP contribution is 2.17. The van der Waals surface area contributed by atoms with Gasteiger partial charge in [-0.2, -0.15) is 0 Å². The van der Waals surface area contributed by atoms with Gasteiger partial charge < -0.3 is 9.84 Å². The van der Waals surface area contributed by atoms with Crippen molar-refractivity contribution in [2.75, 3.05) is 20.2 Å². The van der Waals surface area contributed by atoms with Crippen molar-refractivity contribution in [2.24, 2.45) is 0 Å². The molecule has 0 bridgehead atoms. The number of aliphatic hydroxyl groups excluding tert-OH is 1. The molecule has 3 nitrogen and oxygen atoms in total. The molecule has 1 aromatic carbocycles. The minimum Gasteiger partial charge on any atom is -0.497 e. The third kappa shape index (κ3) is 4.22. The maximum atomic E-state index is 9.72. The van der Waals surface area contributed by atoms with Crippen molar-refractivity contribution >= 4 is 0 Å². The Bertz CT molecular complexity index is 377. The van der Waals surface area contributed by atoms with Gasteiger partial charge in [0.2, 0.25) is 0 Å². The molecule has 0 unspecified atom stereocenters. The fraction of sp³-hybridized carbons (Fsp3) is 0.625. The van der Waals surface area contributed by atoms with E-state index >= 15 is 0 Å². The number of likely N-dealkylation sites (tertiary alicyclic amines) is 1. The normalized spacial score (nSPS) is 22.2. The van der Waals surface area contributed by atoms with Crippen LogP contribution in [0, 0.1) is 0 Å². The number of β-amino-alcohol motifs (C(OH)–C–C–N with tert-alkyl or cyclic N) is 1. The molecule has 1 heterocycles. The van der Waals surface area contributed by atoms with Crippen LogP contribution in [-0.4, -0.2) is 42.4 Å². The summed E-state index contributed by atoms with van der Waals surface area (Å²) in [4.78, 5) is 2.41. The Morgan fingerprint density at radius 1 is 1.37 bits per heavy atom. The van der Waals surface area contributed by atoms with Gasteiger partial charge in [0.1, 0.15) is 5.75 Å². The molecular weight excluding hydrogens is 238 g/mol. The van der Waals surface area contributed by atoms with Crippen molar-refractivity contribution in [1.82, 2.24) is 4.90 Å². The average Bonchev–Trinajstić information content (AvgIpc) is 2.45. The molecule has 1 aromatic rings. The van der Waals surface area contributed by atoms with E-state index in [0.29, 0.717) is 6.04 Å². The van der Waals surface area contributed by atoms with Gasteiger partial charge in [0.05, 0.1) is 13.2 Å². The molecule has 0 radical (unpaired) electrons. The molecule has 1 N–H and O–H groups in total. The molecule has 0 spiro atoms. The monoisotopic (exact) mass is 263 g/mol. The largest absolute Gasteiger partial charge is 0.497 e. The number of aryl methyl sites for hydroxylation is 1. The summed E-state index contributed by atoms with van der Waals surface area (Å²) in [6.07, 6.45) is 4.17. The van der Waals surface area contributed by atoms with E-state index in [1.165, 1.54) is 5.56 Å². The number of rotatable bonds is 5. The lowest BCUT2D eigenvalue weighted by molar-refractivity contribution is 0.0487. The van der Waals surface area contributed by atoms with E-state index in [9.17, 15) is 5.11 Å². The summed E-state index contributed by atoms with van der Waals surface area (Å²) in [7, 11) is 1.69. The van der Waals surface area contributed by atoms with Gasteiger partial charge in [-0.25, -0.2) is 0 Å². The molecule has 19 heavy (non-hydrogen) atoms.